The van der Waals surface area contributed by atoms with E-state index in [2.05, 4.69) is 53.7 Å². The third-order valence-corrected chi connectivity index (χ3v) is 6.01. The Labute approximate surface area is 201 Å². The van der Waals surface area contributed by atoms with Gasteiger partial charge >= 0.3 is 0 Å². The summed E-state index contributed by atoms with van der Waals surface area (Å²) in [5, 5.41) is 17.8. The van der Waals surface area contributed by atoms with Gasteiger partial charge in [0, 0.05) is 24.2 Å². The highest BCUT2D eigenvalue weighted by Gasteiger charge is 2.11. The van der Waals surface area contributed by atoms with Gasteiger partial charge < -0.3 is 16.2 Å². The van der Waals surface area contributed by atoms with Crippen LogP contribution in [0.3, 0.4) is 0 Å². The van der Waals surface area contributed by atoms with Crippen molar-refractivity contribution in [3.05, 3.63) is 89.1 Å². The molecule has 0 amide bonds. The molecule has 6 nitrogen and oxygen atoms in total. The molecule has 0 aliphatic heterocycles. The molecule has 2 atom stereocenters. The lowest BCUT2D eigenvalue weighted by molar-refractivity contribution is 0.142. The lowest BCUT2D eigenvalue weighted by Crippen LogP contribution is -2.20. The van der Waals surface area contributed by atoms with Gasteiger partial charge in [-0.1, -0.05) is 49.4 Å². The molecular weight excluding hydrogens is 422 g/mol. The van der Waals surface area contributed by atoms with E-state index in [9.17, 15) is 5.11 Å². The maximum absolute atomic E-state index is 10.3. The largest absolute Gasteiger partial charge is 0.374 e. The van der Waals surface area contributed by atoms with Gasteiger partial charge in [-0.3, -0.25) is 5.32 Å². The Morgan fingerprint density at radius 1 is 1.03 bits per heavy atom. The maximum Gasteiger partial charge on any atom is 0.223 e. The Morgan fingerprint density at radius 2 is 1.85 bits per heavy atom. The summed E-state index contributed by atoms with van der Waals surface area (Å²) in [6.45, 7) is 7.43. The molecule has 176 valence electrons. The zero-order valence-electron chi connectivity index (χ0n) is 20.0. The van der Waals surface area contributed by atoms with Crippen LogP contribution in [0, 0.1) is 6.92 Å². The molecule has 1 unspecified atom stereocenters. The number of fused-ring (bicyclic) bond motifs is 1. The molecule has 0 spiro atoms. The van der Waals surface area contributed by atoms with E-state index in [1.807, 2.05) is 49.5 Å². The van der Waals surface area contributed by atoms with Gasteiger partial charge in [-0.05, 0) is 78.4 Å². The van der Waals surface area contributed by atoms with Crippen molar-refractivity contribution in [3.8, 4) is 11.1 Å². The van der Waals surface area contributed by atoms with Crippen LogP contribution in [0.15, 0.2) is 66.9 Å². The van der Waals surface area contributed by atoms with E-state index >= 15 is 0 Å². The van der Waals surface area contributed by atoms with Gasteiger partial charge in [-0.2, -0.15) is 0 Å². The zero-order chi connectivity index (χ0) is 24.1. The zero-order valence-corrected chi connectivity index (χ0v) is 20.0. The molecule has 0 fully saturated rings. The van der Waals surface area contributed by atoms with Gasteiger partial charge in [-0.15, -0.1) is 0 Å². The molecule has 6 heteroatoms. The van der Waals surface area contributed by atoms with Crippen molar-refractivity contribution >= 4 is 16.9 Å². The third-order valence-electron chi connectivity index (χ3n) is 6.01. The van der Waals surface area contributed by atoms with E-state index in [4.69, 9.17) is 10.7 Å². The summed E-state index contributed by atoms with van der Waals surface area (Å²) in [7, 11) is 0. The molecule has 0 saturated carbocycles. The lowest BCUT2D eigenvalue weighted by atomic mass is 9.96. The SMILES string of the molecule is CCNC(O)c1ccc(C)c(-c2ccc3nc(N[C@@H](C)Cc4cccc(CN)c4)ncc3c2)c1. The average Bonchev–Trinajstić information content (AvgIpc) is 2.84. The first-order valence-electron chi connectivity index (χ1n) is 11.8. The fraction of sp³-hybridized carbons (Fsp3) is 0.286. The summed E-state index contributed by atoms with van der Waals surface area (Å²) in [6, 6.07) is 20.8. The van der Waals surface area contributed by atoms with Gasteiger partial charge in [0.05, 0.1) is 5.52 Å². The number of aliphatic hydroxyl groups is 1. The standard InChI is InChI=1S/C28H33N5O/c1-4-30-27(34)23-9-8-18(2)25(15-23)22-10-11-26-24(14-22)17-31-28(33-26)32-19(3)12-20-6-5-7-21(13-20)16-29/h5-11,13-15,17,19,27,30,34H,4,12,16,29H2,1-3H3,(H,31,32,33)/t19-,27?/m0/s1. The predicted octanol–water partition coefficient (Wildman–Crippen LogP) is 4.71. The smallest absolute Gasteiger partial charge is 0.223 e. The number of rotatable bonds is 9. The van der Waals surface area contributed by atoms with Crippen molar-refractivity contribution in [2.75, 3.05) is 11.9 Å². The molecular formula is C28H33N5O. The van der Waals surface area contributed by atoms with E-state index in [0.29, 0.717) is 19.0 Å². The minimum Gasteiger partial charge on any atom is -0.374 e. The quantitative estimate of drug-likeness (QED) is 0.273. The Hall–Kier alpha value is -3.32. The number of aliphatic hydroxyl groups excluding tert-OH is 1. The highest BCUT2D eigenvalue weighted by Crippen LogP contribution is 2.29. The number of hydrogen-bond acceptors (Lipinski definition) is 6. The predicted molar refractivity (Wildman–Crippen MR) is 139 cm³/mol. The number of benzene rings is 3. The number of hydrogen-bond donors (Lipinski definition) is 4. The number of nitrogens with two attached hydrogens (primary N) is 1. The minimum absolute atomic E-state index is 0.179. The third kappa shape index (κ3) is 5.59. The number of aromatic nitrogens is 2. The van der Waals surface area contributed by atoms with Gasteiger partial charge in [0.1, 0.15) is 6.23 Å². The Kier molecular flexibility index (Phi) is 7.53. The van der Waals surface area contributed by atoms with Crippen molar-refractivity contribution in [2.24, 2.45) is 5.73 Å². The molecule has 3 aromatic carbocycles. The summed E-state index contributed by atoms with van der Waals surface area (Å²) in [4.78, 5) is 9.28. The van der Waals surface area contributed by atoms with E-state index < -0.39 is 6.23 Å². The average molecular weight is 456 g/mol. The second-order valence-electron chi connectivity index (χ2n) is 8.78. The Morgan fingerprint density at radius 3 is 2.65 bits per heavy atom. The lowest BCUT2D eigenvalue weighted by Gasteiger charge is -2.16. The fourth-order valence-corrected chi connectivity index (χ4v) is 4.21. The van der Waals surface area contributed by atoms with Gasteiger partial charge in [0.15, 0.2) is 0 Å². The van der Waals surface area contributed by atoms with Crippen molar-refractivity contribution in [3.63, 3.8) is 0 Å². The first-order chi connectivity index (χ1) is 16.5. The second-order valence-corrected chi connectivity index (χ2v) is 8.78. The topological polar surface area (TPSA) is 96.1 Å². The number of anilines is 1. The minimum atomic E-state index is -0.679. The van der Waals surface area contributed by atoms with E-state index in [1.165, 1.54) is 5.56 Å². The van der Waals surface area contributed by atoms with Crippen LogP contribution in [0.4, 0.5) is 5.95 Å². The first-order valence-corrected chi connectivity index (χ1v) is 11.8. The summed E-state index contributed by atoms with van der Waals surface area (Å²) in [5.74, 6) is 0.620. The normalized spacial score (nSPS) is 13.1. The van der Waals surface area contributed by atoms with Gasteiger partial charge in [0.25, 0.3) is 0 Å². The molecule has 0 bridgehead atoms. The summed E-state index contributed by atoms with van der Waals surface area (Å²) in [6.07, 6.45) is 2.05. The van der Waals surface area contributed by atoms with Crippen LogP contribution in [0.1, 0.15) is 42.3 Å². The Balaban J connectivity index is 1.52. The molecule has 0 aliphatic rings. The molecule has 4 rings (SSSR count). The van der Waals surface area contributed by atoms with E-state index in [-0.39, 0.29) is 6.04 Å². The highest BCUT2D eigenvalue weighted by molar-refractivity contribution is 5.85. The number of nitrogens with zero attached hydrogens (tertiary/aromatic N) is 2. The van der Waals surface area contributed by atoms with Crippen LogP contribution in [-0.4, -0.2) is 27.7 Å². The van der Waals surface area contributed by atoms with Crippen molar-refractivity contribution in [1.82, 2.24) is 15.3 Å². The van der Waals surface area contributed by atoms with Crippen molar-refractivity contribution in [2.45, 2.75) is 46.0 Å². The molecule has 34 heavy (non-hydrogen) atoms. The van der Waals surface area contributed by atoms with Crippen LogP contribution in [0.25, 0.3) is 22.0 Å². The fourth-order valence-electron chi connectivity index (χ4n) is 4.21. The summed E-state index contributed by atoms with van der Waals surface area (Å²) in [5.41, 5.74) is 13.2. The molecule has 0 saturated heterocycles. The van der Waals surface area contributed by atoms with Gasteiger partial charge in [0.2, 0.25) is 5.95 Å². The number of nitrogens with one attached hydrogen (secondary N) is 2. The van der Waals surface area contributed by atoms with Crippen molar-refractivity contribution < 1.29 is 5.11 Å². The van der Waals surface area contributed by atoms with Crippen LogP contribution < -0.4 is 16.4 Å². The highest BCUT2D eigenvalue weighted by atomic mass is 16.3. The van der Waals surface area contributed by atoms with Crippen LogP contribution in [-0.2, 0) is 13.0 Å². The second kappa shape index (κ2) is 10.7. The number of aryl methyl sites for hydroxylation is 1. The Bertz CT molecular complexity index is 1270. The van der Waals surface area contributed by atoms with Crippen molar-refractivity contribution in [1.29, 1.82) is 0 Å². The molecule has 1 heterocycles. The van der Waals surface area contributed by atoms with E-state index in [0.717, 1.165) is 45.1 Å². The maximum atomic E-state index is 10.3. The summed E-state index contributed by atoms with van der Waals surface area (Å²) >= 11 is 0. The monoisotopic (exact) mass is 455 g/mol. The molecule has 1 aromatic heterocycles. The summed E-state index contributed by atoms with van der Waals surface area (Å²) < 4.78 is 0. The van der Waals surface area contributed by atoms with Gasteiger partial charge in [-0.25, -0.2) is 9.97 Å². The van der Waals surface area contributed by atoms with Crippen LogP contribution in [0.5, 0.6) is 0 Å². The van der Waals surface area contributed by atoms with E-state index in [1.54, 1.807) is 0 Å². The van der Waals surface area contributed by atoms with Crippen LogP contribution in [0.2, 0.25) is 0 Å². The molecule has 0 radical (unpaired) electrons. The van der Waals surface area contributed by atoms with Crippen LogP contribution >= 0.6 is 0 Å². The molecule has 5 N–H and O–H groups in total. The molecule has 4 aromatic rings. The molecule has 0 aliphatic carbocycles. The first kappa shape index (κ1) is 23.8.